The molecule has 3 N–H and O–H groups in total. The number of nitrogens with one attached hydrogen (secondary N) is 3. The summed E-state index contributed by atoms with van der Waals surface area (Å²) in [6.45, 7) is -0.168. The minimum Gasteiger partial charge on any atom is -0.484 e. The Morgan fingerprint density at radius 3 is 2.55 bits per heavy atom. The molecule has 8 heteroatoms. The molecule has 22 heavy (non-hydrogen) atoms. The number of hydrogen-bond donors (Lipinski definition) is 3. The maximum absolute atomic E-state index is 11.7. The van der Waals surface area contributed by atoms with Crippen LogP contribution in [0.15, 0.2) is 47.8 Å². The van der Waals surface area contributed by atoms with Crippen molar-refractivity contribution in [3.63, 3.8) is 0 Å². The monoisotopic (exact) mass is 335 g/mol. The van der Waals surface area contributed by atoms with Crippen molar-refractivity contribution in [1.29, 1.82) is 0 Å². The quantitative estimate of drug-likeness (QED) is 0.582. The summed E-state index contributed by atoms with van der Waals surface area (Å²) in [4.78, 5) is 23.8. The van der Waals surface area contributed by atoms with Crippen LogP contribution in [-0.4, -0.2) is 23.5 Å². The molecule has 0 atom stereocenters. The van der Waals surface area contributed by atoms with Gasteiger partial charge in [-0.15, -0.1) is 11.3 Å². The van der Waals surface area contributed by atoms with E-state index in [1.54, 1.807) is 41.8 Å². The average molecular weight is 335 g/mol. The van der Waals surface area contributed by atoms with E-state index in [9.17, 15) is 9.59 Å². The van der Waals surface area contributed by atoms with Gasteiger partial charge in [-0.2, -0.15) is 0 Å². The molecule has 1 heterocycles. The molecule has 6 nitrogen and oxygen atoms in total. The zero-order valence-electron chi connectivity index (χ0n) is 11.4. The van der Waals surface area contributed by atoms with Gasteiger partial charge in [0, 0.05) is 0 Å². The highest BCUT2D eigenvalue weighted by molar-refractivity contribution is 7.80. The first kappa shape index (κ1) is 15.9. The highest BCUT2D eigenvalue weighted by Crippen LogP contribution is 2.08. The van der Waals surface area contributed by atoms with Crippen LogP contribution in [0.3, 0.4) is 0 Å². The molecule has 1 aromatic carbocycles. The number of carbonyl (C=O) groups is 2. The van der Waals surface area contributed by atoms with E-state index in [4.69, 9.17) is 17.0 Å². The van der Waals surface area contributed by atoms with E-state index in [0.717, 1.165) is 0 Å². The van der Waals surface area contributed by atoms with Gasteiger partial charge in [-0.25, -0.2) is 0 Å². The van der Waals surface area contributed by atoms with Crippen LogP contribution >= 0.6 is 23.6 Å². The van der Waals surface area contributed by atoms with Crippen LogP contribution in [0.4, 0.5) is 0 Å². The van der Waals surface area contributed by atoms with E-state index in [2.05, 4.69) is 16.2 Å². The smallest absolute Gasteiger partial charge is 0.276 e. The summed E-state index contributed by atoms with van der Waals surface area (Å²) in [5.41, 5.74) is 4.77. The molecule has 1 aromatic heterocycles. The number of benzene rings is 1. The molecular formula is C14H13N3O3S2. The Morgan fingerprint density at radius 2 is 1.86 bits per heavy atom. The zero-order chi connectivity index (χ0) is 15.8. The average Bonchev–Trinajstić information content (AvgIpc) is 3.06. The number of ether oxygens (including phenoxy) is 1. The fraction of sp³-hybridized carbons (Fsp3) is 0.0714. The first-order valence-electron chi connectivity index (χ1n) is 6.26. The van der Waals surface area contributed by atoms with Crippen LogP contribution in [0.1, 0.15) is 9.67 Å². The molecule has 2 aromatic rings. The Hall–Kier alpha value is -2.45. The summed E-state index contributed by atoms with van der Waals surface area (Å²) in [7, 11) is 0. The molecule has 0 unspecified atom stereocenters. The third kappa shape index (κ3) is 5.15. The van der Waals surface area contributed by atoms with Gasteiger partial charge in [0.05, 0.1) is 4.88 Å². The number of thiophene rings is 1. The molecule has 0 saturated carbocycles. The molecule has 2 rings (SSSR count). The second kappa shape index (κ2) is 8.11. The Kier molecular flexibility index (Phi) is 5.87. The van der Waals surface area contributed by atoms with Crippen molar-refractivity contribution in [3.05, 3.63) is 52.7 Å². The van der Waals surface area contributed by atoms with E-state index in [1.165, 1.54) is 11.3 Å². The Balaban J connectivity index is 1.67. The molecule has 0 saturated heterocycles. The number of carbonyl (C=O) groups excluding carboxylic acids is 2. The Labute approximate surface area is 136 Å². The first-order valence-corrected chi connectivity index (χ1v) is 7.55. The Morgan fingerprint density at radius 1 is 1.09 bits per heavy atom. The van der Waals surface area contributed by atoms with E-state index in [0.29, 0.717) is 10.6 Å². The van der Waals surface area contributed by atoms with Gasteiger partial charge >= 0.3 is 0 Å². The number of rotatable bonds is 4. The third-order valence-corrected chi connectivity index (χ3v) is 3.47. The molecule has 0 spiro atoms. The normalized spacial score (nSPS) is 9.64. The standard InChI is InChI=1S/C14H13N3O3S2/c18-12(9-20-10-5-2-1-3-6-10)16-17-14(21)15-13(19)11-7-4-8-22-11/h1-8H,9H2,(H,16,18)(H2,15,17,19,21). The van der Waals surface area contributed by atoms with Crippen molar-refractivity contribution in [2.24, 2.45) is 0 Å². The number of amides is 2. The van der Waals surface area contributed by atoms with Crippen LogP contribution in [0, 0.1) is 0 Å². The van der Waals surface area contributed by atoms with Crippen molar-refractivity contribution in [2.75, 3.05) is 6.61 Å². The van der Waals surface area contributed by atoms with Crippen LogP contribution < -0.4 is 20.9 Å². The van der Waals surface area contributed by atoms with E-state index in [-0.39, 0.29) is 17.6 Å². The summed E-state index contributed by atoms with van der Waals surface area (Å²) in [6.07, 6.45) is 0. The lowest BCUT2D eigenvalue weighted by atomic mass is 10.3. The molecule has 0 aliphatic rings. The zero-order valence-corrected chi connectivity index (χ0v) is 13.0. The summed E-state index contributed by atoms with van der Waals surface area (Å²) in [6, 6.07) is 12.4. The van der Waals surface area contributed by atoms with Gasteiger partial charge in [-0.1, -0.05) is 24.3 Å². The predicted octanol–water partition coefficient (Wildman–Crippen LogP) is 1.46. The maximum Gasteiger partial charge on any atom is 0.276 e. The minimum absolute atomic E-state index is 0.00598. The number of para-hydroxylation sites is 1. The van der Waals surface area contributed by atoms with Gasteiger partial charge < -0.3 is 4.74 Å². The lowest BCUT2D eigenvalue weighted by molar-refractivity contribution is -0.123. The number of hydrogen-bond acceptors (Lipinski definition) is 5. The minimum atomic E-state index is -0.420. The molecule has 0 radical (unpaired) electrons. The topological polar surface area (TPSA) is 79.5 Å². The number of thiocarbonyl (C=S) groups is 1. The second-order valence-corrected chi connectivity index (χ2v) is 5.39. The molecular weight excluding hydrogens is 322 g/mol. The lowest BCUT2D eigenvalue weighted by Crippen LogP contribution is -2.49. The molecule has 2 amide bonds. The van der Waals surface area contributed by atoms with Crippen LogP contribution in [0.25, 0.3) is 0 Å². The molecule has 0 aliphatic heterocycles. The van der Waals surface area contributed by atoms with Gasteiger partial charge in [0.15, 0.2) is 11.7 Å². The fourth-order valence-electron chi connectivity index (χ4n) is 1.43. The SMILES string of the molecule is O=C(COc1ccccc1)NNC(=S)NC(=O)c1cccs1. The second-order valence-electron chi connectivity index (χ2n) is 4.04. The van der Waals surface area contributed by atoms with Gasteiger partial charge in [0.25, 0.3) is 11.8 Å². The molecule has 0 aliphatic carbocycles. The first-order chi connectivity index (χ1) is 10.6. The van der Waals surface area contributed by atoms with Crippen molar-refractivity contribution >= 4 is 40.5 Å². The number of hydrazine groups is 1. The van der Waals surface area contributed by atoms with E-state index >= 15 is 0 Å². The van der Waals surface area contributed by atoms with Gasteiger partial charge in [-0.3, -0.25) is 25.8 Å². The predicted molar refractivity (Wildman–Crippen MR) is 87.6 cm³/mol. The van der Waals surface area contributed by atoms with E-state index in [1.807, 2.05) is 6.07 Å². The molecule has 114 valence electrons. The largest absolute Gasteiger partial charge is 0.484 e. The van der Waals surface area contributed by atoms with Crippen LogP contribution in [-0.2, 0) is 4.79 Å². The highest BCUT2D eigenvalue weighted by Gasteiger charge is 2.09. The van der Waals surface area contributed by atoms with Gasteiger partial charge in [0.1, 0.15) is 5.75 Å². The summed E-state index contributed by atoms with van der Waals surface area (Å²) in [5, 5.41) is 4.24. The highest BCUT2D eigenvalue weighted by atomic mass is 32.1. The summed E-state index contributed by atoms with van der Waals surface area (Å²) < 4.78 is 5.26. The van der Waals surface area contributed by atoms with E-state index < -0.39 is 5.91 Å². The van der Waals surface area contributed by atoms with Gasteiger partial charge in [-0.05, 0) is 35.8 Å². The van der Waals surface area contributed by atoms with Gasteiger partial charge in [0.2, 0.25) is 0 Å². The summed E-state index contributed by atoms with van der Waals surface area (Å²) >= 11 is 6.20. The maximum atomic E-state index is 11.7. The molecule has 0 bridgehead atoms. The van der Waals surface area contributed by atoms with Crippen LogP contribution in [0.2, 0.25) is 0 Å². The fourth-order valence-corrected chi connectivity index (χ4v) is 2.19. The lowest BCUT2D eigenvalue weighted by Gasteiger charge is -2.10. The van der Waals surface area contributed by atoms with Crippen molar-refractivity contribution in [1.82, 2.24) is 16.2 Å². The third-order valence-electron chi connectivity index (χ3n) is 2.40. The van der Waals surface area contributed by atoms with Crippen molar-refractivity contribution in [3.8, 4) is 5.75 Å². The summed E-state index contributed by atoms with van der Waals surface area (Å²) in [5.74, 6) is -0.162. The Bertz CT molecular complexity index is 645. The molecule has 0 fully saturated rings. The van der Waals surface area contributed by atoms with Crippen LogP contribution in [0.5, 0.6) is 5.75 Å². The van der Waals surface area contributed by atoms with Crippen molar-refractivity contribution < 1.29 is 14.3 Å². The van der Waals surface area contributed by atoms with Crippen molar-refractivity contribution in [2.45, 2.75) is 0 Å².